The van der Waals surface area contributed by atoms with E-state index in [1.54, 1.807) is 28.5 Å². The monoisotopic (exact) mass is 398 g/mol. The summed E-state index contributed by atoms with van der Waals surface area (Å²) in [7, 11) is 0. The number of fused-ring (bicyclic) bond motifs is 1. The van der Waals surface area contributed by atoms with Crippen molar-refractivity contribution in [3.8, 4) is 0 Å². The topological polar surface area (TPSA) is 34.9 Å². The maximum atomic E-state index is 14.0. The normalized spacial score (nSPS) is 12.9. The Bertz CT molecular complexity index is 1000. The minimum absolute atomic E-state index is 0.0365. The zero-order valence-electron chi connectivity index (χ0n) is 14.7. The van der Waals surface area contributed by atoms with E-state index >= 15 is 0 Å². The van der Waals surface area contributed by atoms with Gasteiger partial charge >= 0.3 is 0 Å². The van der Waals surface area contributed by atoms with Crippen LogP contribution in [-0.4, -0.2) is 15.3 Å². The molecule has 27 heavy (non-hydrogen) atoms. The first-order valence-electron chi connectivity index (χ1n) is 8.89. The Balaban J connectivity index is 1.62. The lowest BCUT2D eigenvalue weighted by Crippen LogP contribution is -2.26. The molecule has 4 rings (SSSR count). The fourth-order valence-electron chi connectivity index (χ4n) is 3.07. The lowest BCUT2D eigenvalue weighted by molar-refractivity contribution is 0.565. The molecule has 3 aromatic rings. The van der Waals surface area contributed by atoms with E-state index in [1.807, 2.05) is 24.3 Å². The highest BCUT2D eigenvalue weighted by molar-refractivity contribution is 7.99. The van der Waals surface area contributed by atoms with Gasteiger partial charge in [0.2, 0.25) is 0 Å². The minimum atomic E-state index is -0.222. The number of halogens is 1. The van der Waals surface area contributed by atoms with Crippen molar-refractivity contribution in [3.63, 3.8) is 0 Å². The molecule has 1 aromatic heterocycles. The second-order valence-electron chi connectivity index (χ2n) is 6.34. The van der Waals surface area contributed by atoms with Crippen LogP contribution in [0.5, 0.6) is 0 Å². The van der Waals surface area contributed by atoms with Crippen LogP contribution in [0.3, 0.4) is 0 Å². The predicted octanol–water partition coefficient (Wildman–Crippen LogP) is 4.57. The van der Waals surface area contributed by atoms with Crippen molar-refractivity contribution in [2.24, 2.45) is 0 Å². The summed E-state index contributed by atoms with van der Waals surface area (Å²) in [5, 5.41) is 0.681. The summed E-state index contributed by atoms with van der Waals surface area (Å²) in [5.41, 5.74) is 2.73. The third-order valence-electron chi connectivity index (χ3n) is 4.53. The van der Waals surface area contributed by atoms with Crippen LogP contribution >= 0.6 is 23.5 Å². The molecule has 3 nitrogen and oxygen atoms in total. The van der Waals surface area contributed by atoms with Crippen LogP contribution in [-0.2, 0) is 25.1 Å². The van der Waals surface area contributed by atoms with Crippen LogP contribution in [0.4, 0.5) is 4.39 Å². The second kappa shape index (κ2) is 8.31. The molecule has 0 saturated carbocycles. The molecule has 0 aliphatic carbocycles. The number of hydrogen-bond donors (Lipinski definition) is 0. The van der Waals surface area contributed by atoms with Crippen LogP contribution < -0.4 is 5.56 Å². The average molecular weight is 399 g/mol. The van der Waals surface area contributed by atoms with Crippen LogP contribution in [0, 0.1) is 5.82 Å². The van der Waals surface area contributed by atoms with Crippen molar-refractivity contribution in [2.45, 2.75) is 35.2 Å². The lowest BCUT2D eigenvalue weighted by Gasteiger charge is -2.14. The third kappa shape index (κ3) is 4.12. The molecule has 1 aliphatic rings. The van der Waals surface area contributed by atoms with Gasteiger partial charge in [-0.15, -0.1) is 11.8 Å². The Morgan fingerprint density at radius 2 is 1.89 bits per heavy atom. The van der Waals surface area contributed by atoms with E-state index in [4.69, 9.17) is 4.98 Å². The van der Waals surface area contributed by atoms with E-state index in [0.717, 1.165) is 29.2 Å². The molecule has 2 aromatic carbocycles. The molecular formula is C21H19FN2OS2. The Hall–Kier alpha value is -2.05. The summed E-state index contributed by atoms with van der Waals surface area (Å²) >= 11 is 3.02. The van der Waals surface area contributed by atoms with Crippen molar-refractivity contribution >= 4 is 23.5 Å². The van der Waals surface area contributed by atoms with Gasteiger partial charge in [-0.1, -0.05) is 60.3 Å². The Labute approximate surface area is 166 Å². The van der Waals surface area contributed by atoms with Gasteiger partial charge in [-0.3, -0.25) is 9.36 Å². The highest BCUT2D eigenvalue weighted by atomic mass is 32.2. The molecule has 0 saturated heterocycles. The average Bonchev–Trinajstić information content (AvgIpc) is 3.16. The summed E-state index contributed by atoms with van der Waals surface area (Å²) in [6.45, 7) is 0.573. The first-order valence-corrected chi connectivity index (χ1v) is 10.9. The Morgan fingerprint density at radius 3 is 2.70 bits per heavy atom. The maximum absolute atomic E-state index is 14.0. The molecule has 6 heteroatoms. The quantitative estimate of drug-likeness (QED) is 0.450. The van der Waals surface area contributed by atoms with E-state index in [-0.39, 0.29) is 11.4 Å². The van der Waals surface area contributed by atoms with Gasteiger partial charge in [-0.05, 0) is 23.6 Å². The van der Waals surface area contributed by atoms with Gasteiger partial charge < -0.3 is 0 Å². The van der Waals surface area contributed by atoms with E-state index < -0.39 is 0 Å². The van der Waals surface area contributed by atoms with E-state index in [0.29, 0.717) is 23.0 Å². The minimum Gasteiger partial charge on any atom is -0.286 e. The van der Waals surface area contributed by atoms with Crippen LogP contribution in [0.1, 0.15) is 16.8 Å². The van der Waals surface area contributed by atoms with Crippen molar-refractivity contribution in [2.75, 3.05) is 5.75 Å². The number of hydrogen-bond acceptors (Lipinski definition) is 4. The van der Waals surface area contributed by atoms with Crippen molar-refractivity contribution in [3.05, 3.63) is 87.6 Å². The number of aryl methyl sites for hydroxylation is 2. The molecule has 138 valence electrons. The molecule has 0 unspecified atom stereocenters. The largest absolute Gasteiger partial charge is 0.286 e. The van der Waals surface area contributed by atoms with Crippen LogP contribution in [0.25, 0.3) is 0 Å². The van der Waals surface area contributed by atoms with E-state index in [2.05, 4.69) is 12.1 Å². The summed E-state index contributed by atoms with van der Waals surface area (Å²) in [6.07, 6.45) is 1.58. The Morgan fingerprint density at radius 1 is 1.11 bits per heavy atom. The fraction of sp³-hybridized carbons (Fsp3) is 0.238. The van der Waals surface area contributed by atoms with E-state index in [9.17, 15) is 9.18 Å². The zero-order chi connectivity index (χ0) is 18.6. The van der Waals surface area contributed by atoms with Gasteiger partial charge in [-0.2, -0.15) is 0 Å². The van der Waals surface area contributed by atoms with Crippen molar-refractivity contribution < 1.29 is 4.39 Å². The van der Waals surface area contributed by atoms with Crippen molar-refractivity contribution in [1.29, 1.82) is 0 Å². The highest BCUT2D eigenvalue weighted by Gasteiger charge is 2.21. The maximum Gasteiger partial charge on any atom is 0.268 e. The first kappa shape index (κ1) is 18.3. The van der Waals surface area contributed by atoms with Gasteiger partial charge in [0.05, 0.1) is 10.6 Å². The summed E-state index contributed by atoms with van der Waals surface area (Å²) < 4.78 is 15.7. The van der Waals surface area contributed by atoms with Gasteiger partial charge in [0.25, 0.3) is 5.56 Å². The molecule has 0 N–H and O–H groups in total. The smallest absolute Gasteiger partial charge is 0.268 e. The third-order valence-corrected chi connectivity index (χ3v) is 6.66. The molecule has 0 fully saturated rings. The predicted molar refractivity (Wildman–Crippen MR) is 109 cm³/mol. The van der Waals surface area contributed by atoms with Gasteiger partial charge in [0.1, 0.15) is 5.82 Å². The number of nitrogens with zero attached hydrogens (tertiary/aromatic N) is 2. The second-order valence-corrected chi connectivity index (χ2v) is 8.39. The number of aromatic nitrogens is 2. The van der Waals surface area contributed by atoms with E-state index in [1.165, 1.54) is 23.4 Å². The fourth-order valence-corrected chi connectivity index (χ4v) is 5.15. The molecule has 0 spiro atoms. The van der Waals surface area contributed by atoms with Crippen molar-refractivity contribution in [1.82, 2.24) is 9.55 Å². The van der Waals surface area contributed by atoms with Gasteiger partial charge in [0.15, 0.2) is 5.16 Å². The lowest BCUT2D eigenvalue weighted by atomic mass is 10.1. The molecular weight excluding hydrogens is 379 g/mol. The molecule has 0 atom stereocenters. The number of rotatable bonds is 6. The first-order chi connectivity index (χ1) is 13.2. The molecule has 0 radical (unpaired) electrons. The van der Waals surface area contributed by atoms with Gasteiger partial charge in [-0.25, -0.2) is 9.37 Å². The molecule has 1 aliphatic heterocycles. The highest BCUT2D eigenvalue weighted by Crippen LogP contribution is 2.30. The summed E-state index contributed by atoms with van der Waals surface area (Å²) in [5.74, 6) is 1.13. The van der Waals surface area contributed by atoms with Crippen LogP contribution in [0.2, 0.25) is 0 Å². The zero-order valence-corrected chi connectivity index (χ0v) is 16.4. The Kier molecular flexibility index (Phi) is 5.64. The summed E-state index contributed by atoms with van der Waals surface area (Å²) in [4.78, 5) is 18.5. The van der Waals surface area contributed by atoms with Gasteiger partial charge in [0, 0.05) is 24.5 Å². The molecule has 0 amide bonds. The SMILES string of the molecule is O=c1c2c(nc(SCc3ccccc3F)n1CCc1ccccc1)CCS2. The molecule has 2 heterocycles. The number of thioether (sulfide) groups is 2. The standard InChI is InChI=1S/C21H19FN2OS2/c22-17-9-5-4-8-16(17)14-27-21-23-18-11-13-26-19(18)20(25)24(21)12-10-15-6-2-1-3-7-15/h1-9H,10-14H2. The molecule has 0 bridgehead atoms. The number of benzene rings is 2. The van der Waals surface area contributed by atoms with Crippen LogP contribution in [0.15, 0.2) is 69.4 Å². The summed E-state index contributed by atoms with van der Waals surface area (Å²) in [6, 6.07) is 16.9.